The van der Waals surface area contributed by atoms with Gasteiger partial charge in [-0.1, -0.05) is 48.5 Å². The van der Waals surface area contributed by atoms with Crippen molar-refractivity contribution in [1.82, 2.24) is 10.6 Å². The van der Waals surface area contributed by atoms with E-state index < -0.39 is 0 Å². The summed E-state index contributed by atoms with van der Waals surface area (Å²) in [6, 6.07) is 17.6. The lowest BCUT2D eigenvalue weighted by Crippen LogP contribution is -2.61. The first kappa shape index (κ1) is 16.1. The summed E-state index contributed by atoms with van der Waals surface area (Å²) in [5.41, 5.74) is 5.62. The molecule has 0 spiro atoms. The second kappa shape index (κ2) is 5.81. The van der Waals surface area contributed by atoms with Crippen LogP contribution in [0, 0.1) is 17.8 Å². The maximum absolute atomic E-state index is 5.86. The highest BCUT2D eigenvalue weighted by Gasteiger charge is 2.51. The van der Waals surface area contributed by atoms with E-state index in [1.807, 2.05) is 0 Å². The maximum Gasteiger partial charge on any atom is 0.167 e. The zero-order valence-electron chi connectivity index (χ0n) is 15.6. The van der Waals surface area contributed by atoms with Crippen LogP contribution in [-0.4, -0.2) is 10.7 Å². The van der Waals surface area contributed by atoms with Crippen molar-refractivity contribution in [3.05, 3.63) is 59.7 Å². The molecular weight excluding hydrogens is 348 g/mol. The molecule has 0 atom stereocenters. The molecule has 2 N–H and O–H groups in total. The third-order valence-corrected chi connectivity index (χ3v) is 7.75. The summed E-state index contributed by atoms with van der Waals surface area (Å²) in [4.78, 5) is 0. The van der Waals surface area contributed by atoms with Crippen molar-refractivity contribution in [3.8, 4) is 11.1 Å². The van der Waals surface area contributed by atoms with E-state index in [1.165, 1.54) is 60.8 Å². The average molecular weight is 375 g/mol. The van der Waals surface area contributed by atoms with E-state index in [1.54, 1.807) is 0 Å². The van der Waals surface area contributed by atoms with E-state index in [2.05, 4.69) is 59.2 Å². The molecule has 2 aromatic carbocycles. The van der Waals surface area contributed by atoms with Crippen molar-refractivity contribution in [1.29, 1.82) is 0 Å². The summed E-state index contributed by atoms with van der Waals surface area (Å²) in [6.07, 6.45) is 8.34. The lowest BCUT2D eigenvalue weighted by atomic mass is 9.53. The van der Waals surface area contributed by atoms with Crippen LogP contribution in [0.25, 0.3) is 11.1 Å². The van der Waals surface area contributed by atoms with Gasteiger partial charge in [0.2, 0.25) is 0 Å². The van der Waals surface area contributed by atoms with Crippen LogP contribution in [-0.2, 0) is 0 Å². The smallest absolute Gasteiger partial charge is 0.167 e. The number of hydrogen-bond donors (Lipinski definition) is 2. The van der Waals surface area contributed by atoms with Crippen LogP contribution in [0.5, 0.6) is 0 Å². The fraction of sp³-hybridized carbons (Fsp3) is 0.458. The van der Waals surface area contributed by atoms with Crippen molar-refractivity contribution in [2.75, 3.05) is 0 Å². The molecule has 4 fully saturated rings. The molecule has 27 heavy (non-hydrogen) atoms. The van der Waals surface area contributed by atoms with Gasteiger partial charge in [0.25, 0.3) is 0 Å². The third kappa shape index (κ3) is 2.55. The van der Waals surface area contributed by atoms with Crippen LogP contribution < -0.4 is 10.6 Å². The Hall–Kier alpha value is -1.87. The van der Waals surface area contributed by atoms with E-state index in [4.69, 9.17) is 12.2 Å². The molecule has 4 bridgehead atoms. The summed E-state index contributed by atoms with van der Waals surface area (Å²) >= 11 is 5.86. The minimum Gasteiger partial charge on any atom is -0.357 e. The number of hydrogen-bond acceptors (Lipinski definition) is 1. The Labute approximate surface area is 166 Å². The zero-order chi connectivity index (χ0) is 18.0. The third-order valence-electron chi connectivity index (χ3n) is 7.53. The van der Waals surface area contributed by atoms with Crippen molar-refractivity contribution < 1.29 is 0 Å². The first-order chi connectivity index (χ1) is 13.2. The van der Waals surface area contributed by atoms with Gasteiger partial charge in [-0.3, -0.25) is 0 Å². The Bertz CT molecular complexity index is 837. The molecule has 0 aliphatic heterocycles. The molecule has 3 heteroatoms. The van der Waals surface area contributed by atoms with Gasteiger partial charge in [0.05, 0.1) is 6.04 Å². The van der Waals surface area contributed by atoms with Crippen LogP contribution in [0.3, 0.4) is 0 Å². The molecule has 0 aromatic heterocycles. The SMILES string of the molecule is S=C(NC1c2ccccc2-c2ccccc21)NC12CC3CC(CC(C3)C1)C2. The predicted octanol–water partition coefficient (Wildman–Crippen LogP) is 5.19. The summed E-state index contributed by atoms with van der Waals surface area (Å²) in [5.74, 6) is 2.79. The van der Waals surface area contributed by atoms with Gasteiger partial charge in [0.15, 0.2) is 5.11 Å². The molecule has 0 unspecified atom stereocenters. The molecule has 0 saturated heterocycles. The number of fused-ring (bicyclic) bond motifs is 3. The lowest BCUT2D eigenvalue weighted by molar-refractivity contribution is -0.0102. The first-order valence-corrected chi connectivity index (χ1v) is 10.9. The molecule has 5 aliphatic rings. The second-order valence-electron chi connectivity index (χ2n) is 9.40. The zero-order valence-corrected chi connectivity index (χ0v) is 16.4. The van der Waals surface area contributed by atoms with E-state index in [-0.39, 0.29) is 11.6 Å². The van der Waals surface area contributed by atoms with Crippen LogP contribution in [0.4, 0.5) is 0 Å². The van der Waals surface area contributed by atoms with Gasteiger partial charge in [-0.05, 0) is 90.8 Å². The molecule has 0 radical (unpaired) electrons. The molecule has 138 valence electrons. The standard InChI is InChI=1S/C24H26N2S/c27-23(26-24-12-15-9-16(13-24)11-17(10-15)14-24)25-22-20-7-3-1-5-18(20)19-6-2-4-8-21(19)22/h1-8,15-17,22H,9-14H2,(H2,25,26,27). The molecule has 4 saturated carbocycles. The van der Waals surface area contributed by atoms with Gasteiger partial charge >= 0.3 is 0 Å². The highest BCUT2D eigenvalue weighted by Crippen LogP contribution is 2.55. The Morgan fingerprint density at radius 1 is 0.778 bits per heavy atom. The minimum absolute atomic E-state index is 0.159. The number of thiocarbonyl (C=S) groups is 1. The van der Waals surface area contributed by atoms with E-state index in [9.17, 15) is 0 Å². The monoisotopic (exact) mass is 374 g/mol. The largest absolute Gasteiger partial charge is 0.357 e. The fourth-order valence-electron chi connectivity index (χ4n) is 6.98. The average Bonchev–Trinajstić information content (AvgIpc) is 2.94. The van der Waals surface area contributed by atoms with Crippen LogP contribution in [0.15, 0.2) is 48.5 Å². The molecule has 0 amide bonds. The number of nitrogens with one attached hydrogen (secondary N) is 2. The van der Waals surface area contributed by atoms with Crippen LogP contribution in [0.1, 0.15) is 55.7 Å². The molecule has 0 heterocycles. The van der Waals surface area contributed by atoms with Gasteiger partial charge < -0.3 is 10.6 Å². The van der Waals surface area contributed by atoms with E-state index in [0.717, 1.165) is 22.9 Å². The Morgan fingerprint density at radius 2 is 1.26 bits per heavy atom. The quantitative estimate of drug-likeness (QED) is 0.708. The number of benzene rings is 2. The second-order valence-corrected chi connectivity index (χ2v) is 9.81. The predicted molar refractivity (Wildman–Crippen MR) is 113 cm³/mol. The Kier molecular flexibility index (Phi) is 3.47. The summed E-state index contributed by atoms with van der Waals surface area (Å²) in [5, 5.41) is 8.36. The van der Waals surface area contributed by atoms with Crippen molar-refractivity contribution in [2.45, 2.75) is 50.1 Å². The van der Waals surface area contributed by atoms with Gasteiger partial charge in [0.1, 0.15) is 0 Å². The topological polar surface area (TPSA) is 24.1 Å². The molecule has 7 rings (SSSR count). The molecule has 2 nitrogen and oxygen atoms in total. The Balaban J connectivity index is 1.26. The number of rotatable bonds is 2. The summed E-state index contributed by atoms with van der Waals surface area (Å²) < 4.78 is 0. The van der Waals surface area contributed by atoms with Gasteiger partial charge in [0, 0.05) is 5.54 Å². The summed E-state index contributed by atoms with van der Waals surface area (Å²) in [7, 11) is 0. The van der Waals surface area contributed by atoms with E-state index in [0.29, 0.717) is 0 Å². The van der Waals surface area contributed by atoms with E-state index >= 15 is 0 Å². The maximum atomic E-state index is 5.86. The molecular formula is C24H26N2S. The van der Waals surface area contributed by atoms with Gasteiger partial charge in [-0.2, -0.15) is 0 Å². The highest BCUT2D eigenvalue weighted by atomic mass is 32.1. The van der Waals surface area contributed by atoms with Crippen molar-refractivity contribution in [3.63, 3.8) is 0 Å². The normalized spacial score (nSPS) is 32.8. The van der Waals surface area contributed by atoms with Gasteiger partial charge in [-0.25, -0.2) is 0 Å². The molecule has 5 aliphatic carbocycles. The fourth-order valence-corrected chi connectivity index (χ4v) is 7.32. The molecule has 2 aromatic rings. The van der Waals surface area contributed by atoms with Crippen molar-refractivity contribution in [2.24, 2.45) is 17.8 Å². The lowest BCUT2D eigenvalue weighted by Gasteiger charge is -2.57. The minimum atomic E-state index is 0.159. The van der Waals surface area contributed by atoms with Crippen molar-refractivity contribution >= 4 is 17.3 Å². The highest BCUT2D eigenvalue weighted by molar-refractivity contribution is 7.80. The van der Waals surface area contributed by atoms with Crippen LogP contribution >= 0.6 is 12.2 Å². The van der Waals surface area contributed by atoms with Gasteiger partial charge in [-0.15, -0.1) is 0 Å². The first-order valence-electron chi connectivity index (χ1n) is 10.5. The van der Waals surface area contributed by atoms with Crippen LogP contribution in [0.2, 0.25) is 0 Å². The summed E-state index contributed by atoms with van der Waals surface area (Å²) in [6.45, 7) is 0. The Morgan fingerprint density at radius 3 is 1.78 bits per heavy atom.